The third-order valence-corrected chi connectivity index (χ3v) is 3.23. The summed E-state index contributed by atoms with van der Waals surface area (Å²) in [6, 6.07) is 12.8. The van der Waals surface area contributed by atoms with Gasteiger partial charge in [-0.2, -0.15) is 0 Å². The van der Waals surface area contributed by atoms with Crippen molar-refractivity contribution in [3.8, 4) is 11.1 Å². The minimum Gasteiger partial charge on any atom is -0.384 e. The van der Waals surface area contributed by atoms with Crippen molar-refractivity contribution in [1.29, 1.82) is 0 Å². The van der Waals surface area contributed by atoms with Crippen LogP contribution in [0.25, 0.3) is 11.1 Å². The highest BCUT2D eigenvalue weighted by Gasteiger charge is 2.16. The minimum absolute atomic E-state index is 0.149. The lowest BCUT2D eigenvalue weighted by molar-refractivity contribution is -0.384. The molecule has 0 bridgehead atoms. The van der Waals surface area contributed by atoms with Crippen LogP contribution in [-0.2, 0) is 6.42 Å². The Kier molecular flexibility index (Phi) is 2.48. The molecule has 2 aromatic rings. The number of para-hydroxylation sites is 1. The number of hydrogen-bond acceptors (Lipinski definition) is 3. The van der Waals surface area contributed by atoms with Crippen molar-refractivity contribution < 1.29 is 4.92 Å². The van der Waals surface area contributed by atoms with Gasteiger partial charge in [0, 0.05) is 18.3 Å². The molecule has 1 heterocycles. The first kappa shape index (κ1) is 10.8. The van der Waals surface area contributed by atoms with Crippen molar-refractivity contribution in [3.63, 3.8) is 0 Å². The number of fused-ring (bicyclic) bond motifs is 1. The zero-order valence-corrected chi connectivity index (χ0v) is 9.72. The van der Waals surface area contributed by atoms with E-state index < -0.39 is 0 Å². The van der Waals surface area contributed by atoms with Gasteiger partial charge in [0.25, 0.3) is 5.69 Å². The Balaban J connectivity index is 2.13. The Labute approximate surface area is 104 Å². The molecule has 0 atom stereocenters. The third kappa shape index (κ3) is 1.72. The minimum atomic E-state index is -0.337. The highest BCUT2D eigenvalue weighted by atomic mass is 16.6. The molecule has 1 N–H and O–H groups in total. The fraction of sp³-hybridized carbons (Fsp3) is 0.143. The van der Waals surface area contributed by atoms with E-state index in [1.165, 1.54) is 11.6 Å². The van der Waals surface area contributed by atoms with Gasteiger partial charge in [-0.05, 0) is 29.7 Å². The summed E-state index contributed by atoms with van der Waals surface area (Å²) in [6.45, 7) is 0.940. The SMILES string of the molecule is O=[N+]([O-])c1ccccc1-c1ccc2c(c1)NCC2. The summed E-state index contributed by atoms with van der Waals surface area (Å²) >= 11 is 0. The Hall–Kier alpha value is -2.36. The van der Waals surface area contributed by atoms with Crippen LogP contribution in [0, 0.1) is 10.1 Å². The van der Waals surface area contributed by atoms with E-state index in [-0.39, 0.29) is 10.6 Å². The van der Waals surface area contributed by atoms with Crippen molar-refractivity contribution >= 4 is 11.4 Å². The van der Waals surface area contributed by atoms with Gasteiger partial charge in [-0.1, -0.05) is 24.3 Å². The van der Waals surface area contributed by atoms with Crippen molar-refractivity contribution in [3.05, 3.63) is 58.1 Å². The second-order valence-electron chi connectivity index (χ2n) is 4.32. The zero-order chi connectivity index (χ0) is 12.5. The van der Waals surface area contributed by atoms with Gasteiger partial charge in [-0.3, -0.25) is 10.1 Å². The van der Waals surface area contributed by atoms with E-state index >= 15 is 0 Å². The molecule has 1 aliphatic heterocycles. The molecule has 0 amide bonds. The second-order valence-corrected chi connectivity index (χ2v) is 4.32. The van der Waals surface area contributed by atoms with E-state index in [0.717, 1.165) is 24.2 Å². The summed E-state index contributed by atoms with van der Waals surface area (Å²) in [4.78, 5) is 10.7. The van der Waals surface area contributed by atoms with E-state index in [0.29, 0.717) is 5.56 Å². The molecule has 0 radical (unpaired) electrons. The first-order chi connectivity index (χ1) is 8.75. The van der Waals surface area contributed by atoms with E-state index in [2.05, 4.69) is 5.32 Å². The average Bonchev–Trinajstić information content (AvgIpc) is 2.85. The molecule has 18 heavy (non-hydrogen) atoms. The number of benzene rings is 2. The molecular formula is C14H12N2O2. The third-order valence-electron chi connectivity index (χ3n) is 3.23. The average molecular weight is 240 g/mol. The van der Waals surface area contributed by atoms with Gasteiger partial charge in [0.2, 0.25) is 0 Å². The summed E-state index contributed by atoms with van der Waals surface area (Å²) in [7, 11) is 0. The van der Waals surface area contributed by atoms with E-state index in [1.54, 1.807) is 12.1 Å². The highest BCUT2D eigenvalue weighted by Crippen LogP contribution is 2.33. The predicted molar refractivity (Wildman–Crippen MR) is 70.7 cm³/mol. The monoisotopic (exact) mass is 240 g/mol. The van der Waals surface area contributed by atoms with Crippen LogP contribution < -0.4 is 5.32 Å². The van der Waals surface area contributed by atoms with Crippen molar-refractivity contribution in [2.24, 2.45) is 0 Å². The van der Waals surface area contributed by atoms with Gasteiger partial charge in [-0.15, -0.1) is 0 Å². The predicted octanol–water partition coefficient (Wildman–Crippen LogP) is 3.23. The summed E-state index contributed by atoms with van der Waals surface area (Å²) in [5.41, 5.74) is 4.06. The molecule has 4 heteroatoms. The molecule has 90 valence electrons. The van der Waals surface area contributed by atoms with Gasteiger partial charge >= 0.3 is 0 Å². The van der Waals surface area contributed by atoms with Crippen LogP contribution in [0.1, 0.15) is 5.56 Å². The van der Waals surface area contributed by atoms with Crippen LogP contribution >= 0.6 is 0 Å². The first-order valence-corrected chi connectivity index (χ1v) is 5.86. The zero-order valence-electron chi connectivity index (χ0n) is 9.72. The van der Waals surface area contributed by atoms with Gasteiger partial charge < -0.3 is 5.32 Å². The van der Waals surface area contributed by atoms with Gasteiger partial charge in [0.1, 0.15) is 0 Å². The van der Waals surface area contributed by atoms with E-state index in [9.17, 15) is 10.1 Å². The van der Waals surface area contributed by atoms with E-state index in [1.807, 2.05) is 24.3 Å². The lowest BCUT2D eigenvalue weighted by Crippen LogP contribution is -1.93. The van der Waals surface area contributed by atoms with Gasteiger partial charge in [0.15, 0.2) is 0 Å². The Morgan fingerprint density at radius 2 is 2.00 bits per heavy atom. The Morgan fingerprint density at radius 3 is 2.83 bits per heavy atom. The van der Waals surface area contributed by atoms with Gasteiger partial charge in [-0.25, -0.2) is 0 Å². The molecule has 0 aliphatic carbocycles. The van der Waals surface area contributed by atoms with Crippen LogP contribution in [0.4, 0.5) is 11.4 Å². The number of nitro benzene ring substituents is 1. The summed E-state index contributed by atoms with van der Waals surface area (Å²) in [6.07, 6.45) is 1.02. The molecule has 0 fully saturated rings. The molecule has 0 saturated carbocycles. The molecule has 0 unspecified atom stereocenters. The first-order valence-electron chi connectivity index (χ1n) is 5.86. The smallest absolute Gasteiger partial charge is 0.277 e. The molecule has 1 aliphatic rings. The van der Waals surface area contributed by atoms with Crippen LogP contribution in [0.2, 0.25) is 0 Å². The highest BCUT2D eigenvalue weighted by molar-refractivity contribution is 5.77. The standard InChI is InChI=1S/C14H12N2O2/c17-16(18)14-4-2-1-3-12(14)11-6-5-10-7-8-15-13(10)9-11/h1-6,9,15H,7-8H2. The molecule has 0 aromatic heterocycles. The number of anilines is 1. The van der Waals surface area contributed by atoms with E-state index in [4.69, 9.17) is 0 Å². The maximum absolute atomic E-state index is 11.0. The maximum Gasteiger partial charge on any atom is 0.277 e. The van der Waals surface area contributed by atoms with Crippen molar-refractivity contribution in [2.75, 3.05) is 11.9 Å². The summed E-state index contributed by atoms with van der Waals surface area (Å²) < 4.78 is 0. The lowest BCUT2D eigenvalue weighted by Gasteiger charge is -2.06. The summed E-state index contributed by atoms with van der Waals surface area (Å²) in [5, 5.41) is 14.3. The normalized spacial score (nSPS) is 12.9. The molecule has 2 aromatic carbocycles. The van der Waals surface area contributed by atoms with Crippen LogP contribution in [0.5, 0.6) is 0 Å². The lowest BCUT2D eigenvalue weighted by atomic mass is 10.0. The Bertz CT molecular complexity index is 623. The van der Waals surface area contributed by atoms with Crippen LogP contribution in [0.3, 0.4) is 0 Å². The largest absolute Gasteiger partial charge is 0.384 e. The molecule has 0 spiro atoms. The topological polar surface area (TPSA) is 55.2 Å². The molecular weight excluding hydrogens is 228 g/mol. The molecule has 4 nitrogen and oxygen atoms in total. The van der Waals surface area contributed by atoms with Crippen molar-refractivity contribution in [2.45, 2.75) is 6.42 Å². The fourth-order valence-corrected chi connectivity index (χ4v) is 2.34. The number of nitrogens with one attached hydrogen (secondary N) is 1. The quantitative estimate of drug-likeness (QED) is 0.647. The maximum atomic E-state index is 11.0. The number of rotatable bonds is 2. The molecule has 0 saturated heterocycles. The summed E-state index contributed by atoms with van der Waals surface area (Å²) in [5.74, 6) is 0. The Morgan fingerprint density at radius 1 is 1.17 bits per heavy atom. The second kappa shape index (κ2) is 4.14. The van der Waals surface area contributed by atoms with Crippen LogP contribution in [-0.4, -0.2) is 11.5 Å². The number of nitrogens with zero attached hydrogens (tertiary/aromatic N) is 1. The van der Waals surface area contributed by atoms with Gasteiger partial charge in [0.05, 0.1) is 10.5 Å². The van der Waals surface area contributed by atoms with Crippen LogP contribution in [0.15, 0.2) is 42.5 Å². The number of hydrogen-bond donors (Lipinski definition) is 1. The fourth-order valence-electron chi connectivity index (χ4n) is 2.34. The molecule has 3 rings (SSSR count). The number of nitro groups is 1. The van der Waals surface area contributed by atoms with Crippen molar-refractivity contribution in [1.82, 2.24) is 0 Å².